The maximum absolute atomic E-state index is 6.37. The summed E-state index contributed by atoms with van der Waals surface area (Å²) >= 11 is 18.8. The highest BCUT2D eigenvalue weighted by atomic mass is 35.5. The standard InChI is InChI=1S/C23H20Cl3N5O/c1-30(2)18-9-6-15(7-10-18)14-32-21-11-8-17(24)12-16(21)13-31-23(27-28-29-31)19-4-3-5-20(25)22(19)26/h3-12H,13-14H2,1-2H3. The fourth-order valence-electron chi connectivity index (χ4n) is 3.21. The van der Waals surface area contributed by atoms with E-state index < -0.39 is 0 Å². The van der Waals surface area contributed by atoms with Crippen LogP contribution >= 0.6 is 34.8 Å². The molecule has 0 saturated heterocycles. The van der Waals surface area contributed by atoms with Crippen molar-refractivity contribution in [2.75, 3.05) is 19.0 Å². The largest absolute Gasteiger partial charge is 0.489 e. The van der Waals surface area contributed by atoms with Crippen LogP contribution in [0.4, 0.5) is 5.69 Å². The summed E-state index contributed by atoms with van der Waals surface area (Å²) in [5.41, 5.74) is 3.68. The molecule has 3 aromatic carbocycles. The minimum absolute atomic E-state index is 0.348. The van der Waals surface area contributed by atoms with Gasteiger partial charge in [0.2, 0.25) is 0 Å². The highest BCUT2D eigenvalue weighted by Crippen LogP contribution is 2.33. The Kier molecular flexibility index (Phi) is 6.84. The van der Waals surface area contributed by atoms with Crippen molar-refractivity contribution in [1.29, 1.82) is 0 Å². The first-order chi connectivity index (χ1) is 15.4. The van der Waals surface area contributed by atoms with Crippen molar-refractivity contribution in [3.8, 4) is 17.1 Å². The summed E-state index contributed by atoms with van der Waals surface area (Å²) in [6.45, 7) is 0.769. The Hall–Kier alpha value is -2.80. The van der Waals surface area contributed by atoms with Crippen molar-refractivity contribution >= 4 is 40.5 Å². The van der Waals surface area contributed by atoms with Crippen molar-refractivity contribution in [3.05, 3.63) is 86.9 Å². The van der Waals surface area contributed by atoms with Gasteiger partial charge < -0.3 is 9.64 Å². The summed E-state index contributed by atoms with van der Waals surface area (Å²) in [4.78, 5) is 2.05. The number of hydrogen-bond acceptors (Lipinski definition) is 5. The Labute approximate surface area is 201 Å². The Bertz CT molecular complexity index is 1220. The Morgan fingerprint density at radius 2 is 1.75 bits per heavy atom. The Balaban J connectivity index is 1.57. The highest BCUT2D eigenvalue weighted by molar-refractivity contribution is 6.43. The van der Waals surface area contributed by atoms with E-state index in [1.165, 1.54) is 0 Å². The van der Waals surface area contributed by atoms with Gasteiger partial charge in [0.15, 0.2) is 5.82 Å². The van der Waals surface area contributed by atoms with Crippen molar-refractivity contribution in [3.63, 3.8) is 0 Å². The third-order valence-corrected chi connectivity index (χ3v) is 5.97. The van der Waals surface area contributed by atoms with Crippen molar-refractivity contribution in [2.24, 2.45) is 0 Å². The van der Waals surface area contributed by atoms with Gasteiger partial charge in [-0.15, -0.1) is 5.10 Å². The van der Waals surface area contributed by atoms with Crippen molar-refractivity contribution in [2.45, 2.75) is 13.2 Å². The SMILES string of the molecule is CN(C)c1ccc(COc2ccc(Cl)cc2Cn2nnnc2-c2cccc(Cl)c2Cl)cc1. The number of aromatic nitrogens is 4. The molecular formula is C23H20Cl3N5O. The summed E-state index contributed by atoms with van der Waals surface area (Å²) in [7, 11) is 4.02. The first-order valence-corrected chi connectivity index (χ1v) is 10.9. The maximum atomic E-state index is 6.37. The average molecular weight is 489 g/mol. The van der Waals surface area contributed by atoms with E-state index >= 15 is 0 Å². The molecule has 0 fully saturated rings. The van der Waals surface area contributed by atoms with Crippen molar-refractivity contribution < 1.29 is 4.74 Å². The second-order valence-electron chi connectivity index (χ2n) is 7.36. The predicted octanol–water partition coefficient (Wildman–Crippen LogP) is 5.99. The zero-order valence-electron chi connectivity index (χ0n) is 17.5. The molecule has 0 atom stereocenters. The second-order valence-corrected chi connectivity index (χ2v) is 8.58. The molecule has 0 unspecified atom stereocenters. The molecule has 32 heavy (non-hydrogen) atoms. The lowest BCUT2D eigenvalue weighted by molar-refractivity contribution is 0.302. The average Bonchev–Trinajstić information content (AvgIpc) is 3.23. The van der Waals surface area contributed by atoms with Crippen LogP contribution in [0, 0.1) is 0 Å². The van der Waals surface area contributed by atoms with Crippen molar-refractivity contribution in [1.82, 2.24) is 20.2 Å². The molecule has 1 heterocycles. The van der Waals surface area contributed by atoms with Gasteiger partial charge in [-0.25, -0.2) is 4.68 Å². The number of nitrogens with zero attached hydrogens (tertiary/aromatic N) is 5. The molecule has 6 nitrogen and oxygen atoms in total. The van der Waals surface area contributed by atoms with Crippen LogP contribution in [0.3, 0.4) is 0 Å². The van der Waals surface area contributed by atoms with Gasteiger partial charge in [0.1, 0.15) is 12.4 Å². The van der Waals surface area contributed by atoms with Gasteiger partial charge >= 0.3 is 0 Å². The number of hydrogen-bond donors (Lipinski definition) is 0. The molecule has 0 N–H and O–H groups in total. The molecule has 0 spiro atoms. The molecule has 9 heteroatoms. The lowest BCUT2D eigenvalue weighted by Crippen LogP contribution is -2.09. The molecule has 0 saturated carbocycles. The summed E-state index contributed by atoms with van der Waals surface area (Å²) in [5.74, 6) is 1.20. The summed E-state index contributed by atoms with van der Waals surface area (Å²) < 4.78 is 7.76. The van der Waals surface area contributed by atoms with Crippen LogP contribution < -0.4 is 9.64 Å². The molecule has 0 aliphatic rings. The van der Waals surface area contributed by atoms with Gasteiger partial charge in [0, 0.05) is 35.9 Å². The topological polar surface area (TPSA) is 56.1 Å². The zero-order chi connectivity index (χ0) is 22.7. The van der Waals surface area contributed by atoms with E-state index in [1.54, 1.807) is 22.9 Å². The third-order valence-electron chi connectivity index (χ3n) is 4.91. The summed E-state index contributed by atoms with van der Waals surface area (Å²) in [6, 6.07) is 19.0. The molecule has 164 valence electrons. The van der Waals surface area contributed by atoms with Gasteiger partial charge in [0.25, 0.3) is 0 Å². The molecule has 0 aliphatic heterocycles. The van der Waals surface area contributed by atoms with Crippen LogP contribution in [-0.2, 0) is 13.2 Å². The van der Waals surface area contributed by atoms with Gasteiger partial charge in [-0.1, -0.05) is 53.0 Å². The van der Waals surface area contributed by atoms with E-state index in [4.69, 9.17) is 39.5 Å². The van der Waals surface area contributed by atoms with E-state index in [1.807, 2.05) is 44.4 Å². The fraction of sp³-hybridized carbons (Fsp3) is 0.174. The number of rotatable bonds is 7. The van der Waals surface area contributed by atoms with Crippen LogP contribution in [0.5, 0.6) is 5.75 Å². The number of benzene rings is 3. The number of tetrazole rings is 1. The minimum atomic E-state index is 0.348. The Morgan fingerprint density at radius 3 is 2.50 bits per heavy atom. The molecule has 4 aromatic rings. The van der Waals surface area contributed by atoms with E-state index in [9.17, 15) is 0 Å². The number of ether oxygens (including phenoxy) is 1. The van der Waals surface area contributed by atoms with Gasteiger partial charge in [-0.05, 0) is 58.5 Å². The van der Waals surface area contributed by atoms with Gasteiger partial charge in [-0.2, -0.15) is 0 Å². The monoisotopic (exact) mass is 487 g/mol. The van der Waals surface area contributed by atoms with Crippen LogP contribution in [0.1, 0.15) is 11.1 Å². The lowest BCUT2D eigenvalue weighted by Gasteiger charge is -2.15. The van der Waals surface area contributed by atoms with E-state index in [0.717, 1.165) is 16.8 Å². The van der Waals surface area contributed by atoms with Gasteiger partial charge in [0.05, 0.1) is 16.6 Å². The lowest BCUT2D eigenvalue weighted by atomic mass is 10.1. The second kappa shape index (κ2) is 9.77. The molecule has 1 aromatic heterocycles. The summed E-state index contributed by atoms with van der Waals surface area (Å²) in [5, 5.41) is 13.5. The fourth-order valence-corrected chi connectivity index (χ4v) is 3.79. The van der Waals surface area contributed by atoms with Crippen LogP contribution in [0.25, 0.3) is 11.4 Å². The van der Waals surface area contributed by atoms with E-state index in [-0.39, 0.29) is 0 Å². The first-order valence-electron chi connectivity index (χ1n) is 9.80. The number of halogens is 3. The Morgan fingerprint density at radius 1 is 0.969 bits per heavy atom. The van der Waals surface area contributed by atoms with E-state index in [2.05, 4.69) is 32.6 Å². The first kappa shape index (κ1) is 22.4. The number of anilines is 1. The predicted molar refractivity (Wildman–Crippen MR) is 129 cm³/mol. The molecule has 0 aliphatic carbocycles. The zero-order valence-corrected chi connectivity index (χ0v) is 19.7. The quantitative estimate of drug-likeness (QED) is 0.320. The molecule has 0 amide bonds. The normalized spacial score (nSPS) is 10.9. The van der Waals surface area contributed by atoms with E-state index in [0.29, 0.717) is 45.4 Å². The highest BCUT2D eigenvalue weighted by Gasteiger charge is 2.16. The molecule has 4 rings (SSSR count). The molecule has 0 radical (unpaired) electrons. The summed E-state index contributed by atoms with van der Waals surface area (Å²) in [6.07, 6.45) is 0. The van der Waals surface area contributed by atoms with Crippen LogP contribution in [0.2, 0.25) is 15.1 Å². The van der Waals surface area contributed by atoms with Crippen LogP contribution in [-0.4, -0.2) is 34.3 Å². The van der Waals surface area contributed by atoms with Gasteiger partial charge in [-0.3, -0.25) is 0 Å². The smallest absolute Gasteiger partial charge is 0.183 e. The minimum Gasteiger partial charge on any atom is -0.489 e. The molecule has 0 bridgehead atoms. The third kappa shape index (κ3) is 4.99. The van der Waals surface area contributed by atoms with Crippen LogP contribution in [0.15, 0.2) is 60.7 Å². The molecular weight excluding hydrogens is 469 g/mol. The maximum Gasteiger partial charge on any atom is 0.183 e.